The molecule has 3 rings (SSSR count). The minimum absolute atomic E-state index is 0.0413. The maximum Gasteiger partial charge on any atom is 0.416 e. The Morgan fingerprint density at radius 1 is 1.14 bits per heavy atom. The first kappa shape index (κ1) is 28.3. The number of piperidine rings is 1. The summed E-state index contributed by atoms with van der Waals surface area (Å²) in [7, 11) is 0. The SMILES string of the molecule is O=[N+]([O-])/C=C(\NCCCOc1cccc(CN2CCCCC2)c1)NCC(O)c1cccc(C(F)(F)F)c1. The van der Waals surface area contributed by atoms with Crippen molar-refractivity contribution in [2.24, 2.45) is 0 Å². The molecule has 0 aliphatic carbocycles. The van der Waals surface area contributed by atoms with Gasteiger partial charge in [0.2, 0.25) is 0 Å². The molecule has 1 fully saturated rings. The van der Waals surface area contributed by atoms with Crippen molar-refractivity contribution < 1.29 is 27.9 Å². The summed E-state index contributed by atoms with van der Waals surface area (Å²) >= 11 is 0. The minimum atomic E-state index is -4.53. The largest absolute Gasteiger partial charge is 0.494 e. The lowest BCUT2D eigenvalue weighted by molar-refractivity contribution is -0.404. The first-order chi connectivity index (χ1) is 17.7. The average Bonchev–Trinajstić information content (AvgIpc) is 2.87. The number of benzene rings is 2. The Morgan fingerprint density at radius 3 is 2.62 bits per heavy atom. The van der Waals surface area contributed by atoms with Crippen LogP contribution in [-0.2, 0) is 12.7 Å². The molecule has 1 unspecified atom stereocenters. The number of nitro groups is 1. The average molecular weight is 523 g/mol. The molecule has 0 bridgehead atoms. The molecule has 3 N–H and O–H groups in total. The van der Waals surface area contributed by atoms with Gasteiger partial charge in [-0.15, -0.1) is 0 Å². The van der Waals surface area contributed by atoms with E-state index in [4.69, 9.17) is 4.74 Å². The topological polar surface area (TPSA) is 99.9 Å². The zero-order chi connectivity index (χ0) is 26.7. The number of aliphatic hydroxyl groups excluding tert-OH is 1. The first-order valence-corrected chi connectivity index (χ1v) is 12.3. The maximum atomic E-state index is 12.9. The fourth-order valence-corrected chi connectivity index (χ4v) is 4.10. The molecular weight excluding hydrogens is 489 g/mol. The molecular formula is C26H33F3N4O4. The van der Waals surface area contributed by atoms with Crippen molar-refractivity contribution in [3.8, 4) is 5.75 Å². The van der Waals surface area contributed by atoms with Crippen LogP contribution in [-0.4, -0.2) is 47.7 Å². The van der Waals surface area contributed by atoms with Crippen LogP contribution < -0.4 is 15.4 Å². The zero-order valence-corrected chi connectivity index (χ0v) is 20.5. The highest BCUT2D eigenvalue weighted by atomic mass is 19.4. The van der Waals surface area contributed by atoms with Crippen LogP contribution in [0.15, 0.2) is 60.6 Å². The van der Waals surface area contributed by atoms with Crippen LogP contribution in [0.2, 0.25) is 0 Å². The highest BCUT2D eigenvalue weighted by molar-refractivity contribution is 5.29. The third kappa shape index (κ3) is 9.93. The molecule has 0 saturated carbocycles. The molecule has 0 aromatic heterocycles. The van der Waals surface area contributed by atoms with Gasteiger partial charge in [-0.2, -0.15) is 13.2 Å². The van der Waals surface area contributed by atoms with E-state index in [-0.39, 0.29) is 17.9 Å². The molecule has 202 valence electrons. The summed E-state index contributed by atoms with van der Waals surface area (Å²) in [6.07, 6.45) is -0.812. The number of alkyl halides is 3. The van der Waals surface area contributed by atoms with Crippen LogP contribution in [0.1, 0.15) is 48.5 Å². The van der Waals surface area contributed by atoms with Gasteiger partial charge < -0.3 is 20.5 Å². The van der Waals surface area contributed by atoms with Gasteiger partial charge in [-0.05, 0) is 67.7 Å². The Bertz CT molecular complexity index is 1040. The number of rotatable bonds is 13. The van der Waals surface area contributed by atoms with Crippen molar-refractivity contribution in [3.05, 3.63) is 87.4 Å². The molecule has 1 aliphatic heterocycles. The normalized spacial score (nSPS) is 15.7. The molecule has 2 aromatic rings. The van der Waals surface area contributed by atoms with E-state index in [0.29, 0.717) is 25.8 Å². The molecule has 0 radical (unpaired) electrons. The van der Waals surface area contributed by atoms with Gasteiger partial charge in [0, 0.05) is 19.6 Å². The number of hydrogen-bond acceptors (Lipinski definition) is 7. The van der Waals surface area contributed by atoms with Crippen molar-refractivity contribution in [2.75, 3.05) is 32.8 Å². The van der Waals surface area contributed by atoms with E-state index in [1.807, 2.05) is 18.2 Å². The highest BCUT2D eigenvalue weighted by Gasteiger charge is 2.30. The predicted octanol–water partition coefficient (Wildman–Crippen LogP) is 4.45. The molecule has 1 saturated heterocycles. The van der Waals surface area contributed by atoms with Crippen LogP contribution in [0.25, 0.3) is 0 Å². The molecule has 1 atom stereocenters. The molecule has 2 aromatic carbocycles. The Hall–Kier alpha value is -3.31. The molecule has 0 amide bonds. The second-order valence-electron chi connectivity index (χ2n) is 8.96. The molecule has 1 heterocycles. The number of likely N-dealkylation sites (tertiary alicyclic amines) is 1. The van der Waals surface area contributed by atoms with Crippen LogP contribution in [0.5, 0.6) is 5.75 Å². The molecule has 0 spiro atoms. The first-order valence-electron chi connectivity index (χ1n) is 12.3. The lowest BCUT2D eigenvalue weighted by Gasteiger charge is -2.26. The van der Waals surface area contributed by atoms with E-state index in [1.54, 1.807) is 0 Å². The highest BCUT2D eigenvalue weighted by Crippen LogP contribution is 2.30. The summed E-state index contributed by atoms with van der Waals surface area (Å²) in [6, 6.07) is 12.3. The minimum Gasteiger partial charge on any atom is -0.494 e. The summed E-state index contributed by atoms with van der Waals surface area (Å²) in [4.78, 5) is 12.7. The number of aliphatic hydroxyl groups is 1. The lowest BCUT2D eigenvalue weighted by atomic mass is 10.1. The van der Waals surface area contributed by atoms with Gasteiger partial charge in [0.25, 0.3) is 6.20 Å². The van der Waals surface area contributed by atoms with Gasteiger partial charge in [-0.3, -0.25) is 15.0 Å². The summed E-state index contributed by atoms with van der Waals surface area (Å²) in [5.41, 5.74) is 0.371. The molecule has 8 nitrogen and oxygen atoms in total. The van der Waals surface area contributed by atoms with Gasteiger partial charge in [-0.25, -0.2) is 0 Å². The maximum absolute atomic E-state index is 12.9. The number of ether oxygens (including phenoxy) is 1. The molecule has 1 aliphatic rings. The Morgan fingerprint density at radius 2 is 1.89 bits per heavy atom. The summed E-state index contributed by atoms with van der Waals surface area (Å²) in [5, 5.41) is 26.8. The fourth-order valence-electron chi connectivity index (χ4n) is 4.10. The monoisotopic (exact) mass is 522 g/mol. The second kappa shape index (κ2) is 13.8. The van der Waals surface area contributed by atoms with E-state index < -0.39 is 22.8 Å². The fraction of sp³-hybridized carbons (Fsp3) is 0.462. The number of nitrogens with one attached hydrogen (secondary N) is 2. The third-order valence-electron chi connectivity index (χ3n) is 5.98. The summed E-state index contributed by atoms with van der Waals surface area (Å²) in [6.45, 7) is 3.64. The molecule has 37 heavy (non-hydrogen) atoms. The summed E-state index contributed by atoms with van der Waals surface area (Å²) < 4.78 is 44.6. The van der Waals surface area contributed by atoms with E-state index in [0.717, 1.165) is 37.5 Å². The summed E-state index contributed by atoms with van der Waals surface area (Å²) in [5.74, 6) is 0.803. The van der Waals surface area contributed by atoms with Crippen LogP contribution >= 0.6 is 0 Å². The Labute approximate surface area is 214 Å². The quantitative estimate of drug-likeness (QED) is 0.203. The van der Waals surface area contributed by atoms with Gasteiger partial charge >= 0.3 is 6.18 Å². The van der Waals surface area contributed by atoms with Gasteiger partial charge in [0.15, 0.2) is 5.82 Å². The zero-order valence-electron chi connectivity index (χ0n) is 20.5. The van der Waals surface area contributed by atoms with Gasteiger partial charge in [0.05, 0.1) is 23.2 Å². The Balaban J connectivity index is 1.43. The smallest absolute Gasteiger partial charge is 0.416 e. The number of halogens is 3. The van der Waals surface area contributed by atoms with Crippen LogP contribution in [0.4, 0.5) is 13.2 Å². The standard InChI is InChI=1S/C26H33F3N4O4/c27-26(28,29)22-9-5-8-21(16-22)24(34)17-31-25(19-33(35)36)30-11-6-14-37-23-10-4-7-20(15-23)18-32-12-2-1-3-13-32/h4-5,7-10,15-16,19,24,30-31,34H,1-3,6,11-14,17-18H2/b25-19+. The lowest BCUT2D eigenvalue weighted by Crippen LogP contribution is -2.31. The van der Waals surface area contributed by atoms with E-state index in [1.165, 1.54) is 37.0 Å². The second-order valence-corrected chi connectivity index (χ2v) is 8.96. The third-order valence-corrected chi connectivity index (χ3v) is 5.98. The van der Waals surface area contributed by atoms with E-state index in [9.17, 15) is 28.4 Å². The van der Waals surface area contributed by atoms with E-state index >= 15 is 0 Å². The van der Waals surface area contributed by atoms with Crippen molar-refractivity contribution >= 4 is 0 Å². The van der Waals surface area contributed by atoms with Gasteiger partial charge in [-0.1, -0.05) is 30.7 Å². The van der Waals surface area contributed by atoms with Crippen LogP contribution in [0, 0.1) is 10.1 Å². The van der Waals surface area contributed by atoms with E-state index in [2.05, 4.69) is 21.6 Å². The van der Waals surface area contributed by atoms with Gasteiger partial charge in [0.1, 0.15) is 5.75 Å². The Kier molecular flexibility index (Phi) is 10.6. The van der Waals surface area contributed by atoms with Crippen molar-refractivity contribution in [3.63, 3.8) is 0 Å². The number of nitrogens with zero attached hydrogens (tertiary/aromatic N) is 2. The van der Waals surface area contributed by atoms with Crippen molar-refractivity contribution in [1.29, 1.82) is 0 Å². The van der Waals surface area contributed by atoms with Crippen molar-refractivity contribution in [2.45, 2.75) is 44.5 Å². The number of hydrogen-bond donors (Lipinski definition) is 3. The van der Waals surface area contributed by atoms with Crippen molar-refractivity contribution in [1.82, 2.24) is 15.5 Å². The van der Waals surface area contributed by atoms with Crippen LogP contribution in [0.3, 0.4) is 0 Å². The molecule has 11 heteroatoms. The predicted molar refractivity (Wildman–Crippen MR) is 133 cm³/mol.